The highest BCUT2D eigenvalue weighted by molar-refractivity contribution is 9.10. The number of rotatable bonds is 5. The Morgan fingerprint density at radius 3 is 2.79 bits per heavy atom. The van der Waals surface area contributed by atoms with Crippen LogP contribution in [0.25, 0.3) is 16.4 Å². The van der Waals surface area contributed by atoms with Crippen LogP contribution in [0, 0.1) is 0 Å². The van der Waals surface area contributed by atoms with Gasteiger partial charge < -0.3 is 5.73 Å². The van der Waals surface area contributed by atoms with Crippen molar-refractivity contribution in [2.45, 2.75) is 0 Å². The molecule has 0 bridgehead atoms. The number of benzene rings is 1. The van der Waals surface area contributed by atoms with Gasteiger partial charge in [-0.05, 0) is 39.5 Å². The molecule has 0 atom stereocenters. The topological polar surface area (TPSA) is 137 Å². The molecule has 12 heteroatoms. The van der Waals surface area contributed by atoms with Gasteiger partial charge in [-0.15, -0.1) is 16.4 Å². The van der Waals surface area contributed by atoms with Crippen LogP contribution in [0.2, 0.25) is 0 Å². The maximum Gasteiger partial charge on any atom is 0.294 e. The molecule has 3 aromatic heterocycles. The molecule has 3 N–H and O–H groups in total. The molecule has 0 radical (unpaired) electrons. The van der Waals surface area contributed by atoms with E-state index in [1.807, 2.05) is 41.8 Å². The number of aromatic nitrogens is 5. The third kappa shape index (κ3) is 3.54. The molecule has 0 saturated heterocycles. The molecule has 140 valence electrons. The van der Waals surface area contributed by atoms with Crippen LogP contribution in [0.4, 0.5) is 5.82 Å². The van der Waals surface area contributed by atoms with Crippen molar-refractivity contribution in [2.75, 3.05) is 5.73 Å². The molecule has 4 aromatic rings. The van der Waals surface area contributed by atoms with Crippen molar-refractivity contribution >= 4 is 45.2 Å². The van der Waals surface area contributed by atoms with E-state index in [2.05, 4.69) is 51.7 Å². The number of carbonyl (C=O) groups is 1. The first-order chi connectivity index (χ1) is 13.6. The summed E-state index contributed by atoms with van der Waals surface area (Å²) in [6, 6.07) is 11.1. The van der Waals surface area contributed by atoms with Crippen LogP contribution in [-0.2, 0) is 0 Å². The van der Waals surface area contributed by atoms with Crippen molar-refractivity contribution in [1.82, 2.24) is 30.7 Å². The van der Waals surface area contributed by atoms with Crippen molar-refractivity contribution in [3.05, 3.63) is 57.5 Å². The Morgan fingerprint density at radius 1 is 1.29 bits per heavy atom. The van der Waals surface area contributed by atoms with Gasteiger partial charge in [0.1, 0.15) is 5.69 Å². The number of hydrazone groups is 1. The number of thiophene rings is 1. The number of hydrogen-bond acceptors (Lipinski definition) is 9. The van der Waals surface area contributed by atoms with Gasteiger partial charge in [-0.1, -0.05) is 39.3 Å². The van der Waals surface area contributed by atoms with Crippen molar-refractivity contribution in [2.24, 2.45) is 5.10 Å². The van der Waals surface area contributed by atoms with E-state index in [-0.39, 0.29) is 17.3 Å². The Balaban J connectivity index is 1.64. The lowest BCUT2D eigenvalue weighted by atomic mass is 10.2. The maximum atomic E-state index is 12.6. The third-order valence-corrected chi connectivity index (χ3v) is 4.99. The Labute approximate surface area is 170 Å². The SMILES string of the molecule is Nc1nonc1-n1nnc(C(=O)NN=Cc2ccc(Br)cc2)c1-c1cccs1. The smallest absolute Gasteiger partial charge is 0.294 e. The first kappa shape index (κ1) is 18.0. The van der Waals surface area contributed by atoms with E-state index in [4.69, 9.17) is 5.73 Å². The van der Waals surface area contributed by atoms with Crippen molar-refractivity contribution in [3.8, 4) is 16.4 Å². The van der Waals surface area contributed by atoms with Crippen LogP contribution >= 0.6 is 27.3 Å². The normalized spacial score (nSPS) is 11.2. The second-order valence-corrected chi connectivity index (χ2v) is 7.26. The molecular formula is C16H11BrN8O2S. The number of hydrogen-bond donors (Lipinski definition) is 2. The van der Waals surface area contributed by atoms with Crippen molar-refractivity contribution < 1.29 is 9.42 Å². The van der Waals surface area contributed by atoms with Gasteiger partial charge in [-0.25, -0.2) is 10.1 Å². The molecule has 0 fully saturated rings. The summed E-state index contributed by atoms with van der Waals surface area (Å²) >= 11 is 4.77. The lowest BCUT2D eigenvalue weighted by Gasteiger charge is -2.03. The Morgan fingerprint density at radius 2 is 2.11 bits per heavy atom. The van der Waals surface area contributed by atoms with Crippen LogP contribution in [-0.4, -0.2) is 37.4 Å². The summed E-state index contributed by atoms with van der Waals surface area (Å²) in [4.78, 5) is 13.4. The number of nitrogen functional groups attached to an aromatic ring is 1. The Bertz CT molecular complexity index is 1130. The van der Waals surface area contributed by atoms with Crippen molar-refractivity contribution in [1.29, 1.82) is 0 Å². The highest BCUT2D eigenvalue weighted by Crippen LogP contribution is 2.29. The highest BCUT2D eigenvalue weighted by Gasteiger charge is 2.25. The van der Waals surface area contributed by atoms with Crippen LogP contribution in [0.3, 0.4) is 0 Å². The van der Waals surface area contributed by atoms with Gasteiger partial charge in [-0.2, -0.15) is 9.78 Å². The van der Waals surface area contributed by atoms with E-state index in [1.165, 1.54) is 22.2 Å². The molecule has 0 aliphatic carbocycles. The molecule has 3 heterocycles. The number of anilines is 1. The van der Waals surface area contributed by atoms with Crippen LogP contribution < -0.4 is 11.2 Å². The van der Waals surface area contributed by atoms with E-state index in [0.29, 0.717) is 5.69 Å². The van der Waals surface area contributed by atoms with Gasteiger partial charge in [0, 0.05) is 4.47 Å². The minimum Gasteiger partial charge on any atom is -0.378 e. The van der Waals surface area contributed by atoms with E-state index in [1.54, 1.807) is 0 Å². The van der Waals surface area contributed by atoms with Crippen molar-refractivity contribution in [3.63, 3.8) is 0 Å². The Kier molecular flexibility index (Phi) is 4.95. The summed E-state index contributed by atoms with van der Waals surface area (Å²) < 4.78 is 6.89. The number of halogens is 1. The summed E-state index contributed by atoms with van der Waals surface area (Å²) in [6.07, 6.45) is 1.53. The van der Waals surface area contributed by atoms with Crippen LogP contribution in [0.5, 0.6) is 0 Å². The fourth-order valence-electron chi connectivity index (χ4n) is 2.32. The van der Waals surface area contributed by atoms with Gasteiger partial charge in [0.05, 0.1) is 11.1 Å². The molecule has 0 aliphatic rings. The first-order valence-electron chi connectivity index (χ1n) is 7.80. The second kappa shape index (κ2) is 7.70. The molecule has 0 spiro atoms. The molecule has 10 nitrogen and oxygen atoms in total. The zero-order chi connectivity index (χ0) is 19.5. The van der Waals surface area contributed by atoms with Gasteiger partial charge in [-0.3, -0.25) is 4.79 Å². The molecular weight excluding hydrogens is 448 g/mol. The highest BCUT2D eigenvalue weighted by atomic mass is 79.9. The predicted octanol–water partition coefficient (Wildman–Crippen LogP) is 2.49. The summed E-state index contributed by atoms with van der Waals surface area (Å²) in [5.41, 5.74) is 9.51. The third-order valence-electron chi connectivity index (χ3n) is 3.59. The standard InChI is InChI=1S/C16H11BrN8O2S/c17-10-5-3-9(4-6-10)8-19-21-16(26)12-13(11-2-1-7-28-11)25(24-20-12)15-14(18)22-27-23-15/h1-8H,(H2,18,22)(H,21,26). The van der Waals surface area contributed by atoms with Gasteiger partial charge >= 0.3 is 0 Å². The minimum absolute atomic E-state index is 0.0305. The van der Waals surface area contributed by atoms with Crippen LogP contribution in [0.15, 0.2) is 56.0 Å². The fourth-order valence-corrected chi connectivity index (χ4v) is 3.34. The maximum absolute atomic E-state index is 12.6. The van der Waals surface area contributed by atoms with Crippen LogP contribution in [0.1, 0.15) is 16.1 Å². The summed E-state index contributed by atoms with van der Waals surface area (Å²) in [5.74, 6) is -0.353. The monoisotopic (exact) mass is 458 g/mol. The van der Waals surface area contributed by atoms with E-state index in [9.17, 15) is 4.79 Å². The summed E-state index contributed by atoms with van der Waals surface area (Å²) in [6.45, 7) is 0. The molecule has 28 heavy (non-hydrogen) atoms. The number of carbonyl (C=O) groups excluding carboxylic acids is 1. The second-order valence-electron chi connectivity index (χ2n) is 5.40. The number of nitrogens with zero attached hydrogens (tertiary/aromatic N) is 6. The summed E-state index contributed by atoms with van der Waals surface area (Å²) in [5, 5.41) is 21.1. The number of amides is 1. The van der Waals surface area contributed by atoms with Gasteiger partial charge in [0.25, 0.3) is 5.91 Å². The summed E-state index contributed by atoms with van der Waals surface area (Å²) in [7, 11) is 0. The molecule has 1 aromatic carbocycles. The average molecular weight is 459 g/mol. The van der Waals surface area contributed by atoms with Gasteiger partial charge in [0.2, 0.25) is 11.6 Å². The Hall–Kier alpha value is -3.38. The first-order valence-corrected chi connectivity index (χ1v) is 9.47. The van der Waals surface area contributed by atoms with E-state index < -0.39 is 5.91 Å². The fraction of sp³-hybridized carbons (Fsp3) is 0. The lowest BCUT2D eigenvalue weighted by Crippen LogP contribution is -2.19. The van der Waals surface area contributed by atoms with E-state index >= 15 is 0 Å². The largest absolute Gasteiger partial charge is 0.378 e. The molecule has 0 aliphatic heterocycles. The van der Waals surface area contributed by atoms with Gasteiger partial charge in [0.15, 0.2) is 5.69 Å². The van der Waals surface area contributed by atoms with E-state index in [0.717, 1.165) is 14.9 Å². The zero-order valence-corrected chi connectivity index (χ0v) is 16.4. The molecule has 4 rings (SSSR count). The number of nitrogens with two attached hydrogens (primary N) is 1. The lowest BCUT2D eigenvalue weighted by molar-refractivity contribution is 0.0951. The quantitative estimate of drug-likeness (QED) is 0.346. The predicted molar refractivity (Wildman–Crippen MR) is 106 cm³/mol. The molecule has 1 amide bonds. The zero-order valence-electron chi connectivity index (χ0n) is 14.0. The minimum atomic E-state index is -0.530. The molecule has 0 unspecified atom stereocenters. The number of nitrogens with one attached hydrogen (secondary N) is 1. The average Bonchev–Trinajstić information content (AvgIpc) is 3.42. The molecule has 0 saturated carbocycles.